The zero-order valence-corrected chi connectivity index (χ0v) is 10.1. The van der Waals surface area contributed by atoms with Gasteiger partial charge in [0.2, 0.25) is 5.90 Å². The van der Waals surface area contributed by atoms with Crippen LogP contribution in [0.3, 0.4) is 0 Å². The number of hydrogen-bond acceptors (Lipinski definition) is 4. The van der Waals surface area contributed by atoms with Gasteiger partial charge in [0.05, 0.1) is 17.2 Å². The van der Waals surface area contributed by atoms with Crippen LogP contribution < -0.4 is 0 Å². The molecule has 0 radical (unpaired) electrons. The summed E-state index contributed by atoms with van der Waals surface area (Å²) in [5.41, 5.74) is 2.42. The molecule has 0 amide bonds. The van der Waals surface area contributed by atoms with Crippen molar-refractivity contribution in [1.82, 2.24) is 9.97 Å². The van der Waals surface area contributed by atoms with Crippen LogP contribution in [0.15, 0.2) is 59.8 Å². The summed E-state index contributed by atoms with van der Waals surface area (Å²) in [6, 6.07) is 7.84. The lowest BCUT2D eigenvalue weighted by atomic mass is 10.1. The van der Waals surface area contributed by atoms with E-state index in [-0.39, 0.29) is 12.1 Å². The van der Waals surface area contributed by atoms with Crippen molar-refractivity contribution in [2.24, 2.45) is 4.99 Å². The molecule has 0 spiro atoms. The molecular weight excluding hydrogens is 238 g/mol. The van der Waals surface area contributed by atoms with Crippen LogP contribution in [0, 0.1) is 0 Å². The van der Waals surface area contributed by atoms with Gasteiger partial charge in [-0.15, -0.1) is 0 Å². The maximum absolute atomic E-state index is 5.81. The van der Waals surface area contributed by atoms with E-state index in [2.05, 4.69) is 15.0 Å². The van der Waals surface area contributed by atoms with E-state index in [0.717, 1.165) is 11.0 Å². The fourth-order valence-corrected chi connectivity index (χ4v) is 2.28. The molecule has 2 atom stereocenters. The van der Waals surface area contributed by atoms with Gasteiger partial charge >= 0.3 is 0 Å². The molecule has 19 heavy (non-hydrogen) atoms. The largest absolute Gasteiger partial charge is 0.466 e. The molecule has 0 saturated carbocycles. The molecule has 1 aromatic carbocycles. The molecule has 2 heterocycles. The van der Waals surface area contributed by atoms with Gasteiger partial charge in [-0.25, -0.2) is 9.98 Å². The van der Waals surface area contributed by atoms with Gasteiger partial charge in [-0.3, -0.25) is 4.98 Å². The molecule has 2 aromatic rings. The predicted octanol–water partition coefficient (Wildman–Crippen LogP) is 2.27. The summed E-state index contributed by atoms with van der Waals surface area (Å²) in [6.07, 6.45) is 9.72. The molecule has 4 rings (SSSR count). The summed E-state index contributed by atoms with van der Waals surface area (Å²) in [5, 5.41) is 0. The van der Waals surface area contributed by atoms with Gasteiger partial charge in [0.25, 0.3) is 0 Å². The highest BCUT2D eigenvalue weighted by Gasteiger charge is 2.29. The first-order chi connectivity index (χ1) is 9.40. The molecule has 4 heteroatoms. The number of ether oxygens (including phenoxy) is 1. The highest BCUT2D eigenvalue weighted by molar-refractivity contribution is 5.95. The third-order valence-corrected chi connectivity index (χ3v) is 3.24. The van der Waals surface area contributed by atoms with E-state index in [4.69, 9.17) is 4.74 Å². The molecule has 92 valence electrons. The normalized spacial score (nSPS) is 24.1. The van der Waals surface area contributed by atoms with Gasteiger partial charge in [-0.1, -0.05) is 30.4 Å². The Hall–Kier alpha value is -2.49. The molecule has 1 aromatic heterocycles. The van der Waals surface area contributed by atoms with Crippen LogP contribution in [0.5, 0.6) is 0 Å². The molecule has 0 N–H and O–H groups in total. The minimum absolute atomic E-state index is 0.00623. The molecule has 2 aliphatic rings. The van der Waals surface area contributed by atoms with Crippen LogP contribution in [-0.4, -0.2) is 28.0 Å². The van der Waals surface area contributed by atoms with Crippen molar-refractivity contribution >= 4 is 16.9 Å². The Morgan fingerprint density at radius 2 is 1.84 bits per heavy atom. The SMILES string of the molecule is C1=CC2N=C(c3cnc4ccccc4n3)OC2C=C1. The third kappa shape index (κ3) is 1.73. The van der Waals surface area contributed by atoms with Crippen molar-refractivity contribution in [1.29, 1.82) is 0 Å². The quantitative estimate of drug-likeness (QED) is 0.779. The maximum Gasteiger partial charge on any atom is 0.238 e. The number of aliphatic imine (C=N–C) groups is 1. The van der Waals surface area contributed by atoms with Crippen molar-refractivity contribution in [2.45, 2.75) is 12.1 Å². The second kappa shape index (κ2) is 4.02. The Balaban J connectivity index is 1.75. The highest BCUT2D eigenvalue weighted by atomic mass is 16.5. The first-order valence-electron chi connectivity index (χ1n) is 6.22. The van der Waals surface area contributed by atoms with E-state index in [9.17, 15) is 0 Å². The lowest BCUT2D eigenvalue weighted by molar-refractivity contribution is 0.254. The molecule has 4 nitrogen and oxygen atoms in total. The summed E-state index contributed by atoms with van der Waals surface area (Å²) >= 11 is 0. The van der Waals surface area contributed by atoms with Crippen LogP contribution in [0.2, 0.25) is 0 Å². The van der Waals surface area contributed by atoms with Crippen LogP contribution in [0.4, 0.5) is 0 Å². The Labute approximate surface area is 110 Å². The second-order valence-corrected chi connectivity index (χ2v) is 4.52. The number of fused-ring (bicyclic) bond motifs is 2. The number of benzene rings is 1. The molecule has 0 bridgehead atoms. The van der Waals surface area contributed by atoms with Crippen molar-refractivity contribution in [3.63, 3.8) is 0 Å². The zero-order valence-electron chi connectivity index (χ0n) is 10.1. The average molecular weight is 249 g/mol. The number of aromatic nitrogens is 2. The number of rotatable bonds is 1. The van der Waals surface area contributed by atoms with Crippen LogP contribution in [-0.2, 0) is 4.74 Å². The van der Waals surface area contributed by atoms with E-state index in [1.807, 2.05) is 48.6 Å². The van der Waals surface area contributed by atoms with E-state index in [0.29, 0.717) is 11.6 Å². The Morgan fingerprint density at radius 1 is 1.00 bits per heavy atom. The smallest absolute Gasteiger partial charge is 0.238 e. The minimum atomic E-state index is -0.00623. The number of hydrogen-bond donors (Lipinski definition) is 0. The summed E-state index contributed by atoms with van der Waals surface area (Å²) in [7, 11) is 0. The lowest BCUT2D eigenvalue weighted by Gasteiger charge is -2.12. The molecule has 0 saturated heterocycles. The fourth-order valence-electron chi connectivity index (χ4n) is 2.28. The summed E-state index contributed by atoms with van der Waals surface area (Å²) in [6.45, 7) is 0. The van der Waals surface area contributed by atoms with Gasteiger partial charge in [0.1, 0.15) is 17.8 Å². The maximum atomic E-state index is 5.81. The lowest BCUT2D eigenvalue weighted by Crippen LogP contribution is -2.19. The highest BCUT2D eigenvalue weighted by Crippen LogP contribution is 2.22. The van der Waals surface area contributed by atoms with Gasteiger partial charge in [-0.05, 0) is 18.2 Å². The number of nitrogens with zero attached hydrogens (tertiary/aromatic N) is 3. The van der Waals surface area contributed by atoms with Crippen molar-refractivity contribution in [2.75, 3.05) is 0 Å². The van der Waals surface area contributed by atoms with E-state index < -0.39 is 0 Å². The van der Waals surface area contributed by atoms with Gasteiger partial charge < -0.3 is 4.74 Å². The minimum Gasteiger partial charge on any atom is -0.466 e. The van der Waals surface area contributed by atoms with Crippen LogP contribution in [0.25, 0.3) is 11.0 Å². The van der Waals surface area contributed by atoms with Gasteiger partial charge in [0.15, 0.2) is 0 Å². The van der Waals surface area contributed by atoms with Crippen molar-refractivity contribution < 1.29 is 4.74 Å². The first kappa shape index (κ1) is 10.4. The summed E-state index contributed by atoms with van der Waals surface area (Å²) in [5.74, 6) is 0.574. The van der Waals surface area contributed by atoms with Crippen molar-refractivity contribution in [3.8, 4) is 0 Å². The molecule has 2 unspecified atom stereocenters. The van der Waals surface area contributed by atoms with Crippen LogP contribution >= 0.6 is 0 Å². The van der Waals surface area contributed by atoms with Gasteiger partial charge in [0, 0.05) is 0 Å². The monoisotopic (exact) mass is 249 g/mol. The Morgan fingerprint density at radius 3 is 2.74 bits per heavy atom. The van der Waals surface area contributed by atoms with Gasteiger partial charge in [-0.2, -0.15) is 0 Å². The molecule has 1 aliphatic heterocycles. The number of allylic oxidation sites excluding steroid dienone is 2. The third-order valence-electron chi connectivity index (χ3n) is 3.24. The Kier molecular flexibility index (Phi) is 2.21. The summed E-state index contributed by atoms with van der Waals surface area (Å²) in [4.78, 5) is 13.5. The zero-order chi connectivity index (χ0) is 12.7. The van der Waals surface area contributed by atoms with E-state index in [1.54, 1.807) is 6.20 Å². The van der Waals surface area contributed by atoms with E-state index >= 15 is 0 Å². The number of para-hydroxylation sites is 2. The topological polar surface area (TPSA) is 47.4 Å². The molecule has 1 aliphatic carbocycles. The average Bonchev–Trinajstić information content (AvgIpc) is 2.90. The van der Waals surface area contributed by atoms with Crippen LogP contribution in [0.1, 0.15) is 5.69 Å². The Bertz CT molecular complexity index is 733. The fraction of sp³-hybridized carbons (Fsp3) is 0.133. The predicted molar refractivity (Wildman–Crippen MR) is 73.0 cm³/mol. The first-order valence-corrected chi connectivity index (χ1v) is 6.22. The molecule has 0 fully saturated rings. The van der Waals surface area contributed by atoms with Crippen molar-refractivity contribution in [3.05, 3.63) is 60.5 Å². The molecular formula is C15H11N3O. The standard InChI is InChI=1S/C15H11N3O/c1-2-6-11-10(5-1)16-9-13(17-11)15-18-12-7-3-4-8-14(12)19-15/h1-9,12,14H. The summed E-state index contributed by atoms with van der Waals surface area (Å²) < 4.78 is 5.81. The second-order valence-electron chi connectivity index (χ2n) is 4.52. The van der Waals surface area contributed by atoms with E-state index in [1.165, 1.54) is 0 Å².